The summed E-state index contributed by atoms with van der Waals surface area (Å²) >= 11 is 0. The number of amides is 2. The number of carbonyl (C=O) groups is 2. The molecule has 1 fully saturated rings. The number of carbonyl (C=O) groups excluding carboxylic acids is 2. The van der Waals surface area contributed by atoms with Crippen LogP contribution in [0, 0.1) is 19.8 Å². The minimum Gasteiger partial charge on any atom is -0.496 e. The van der Waals surface area contributed by atoms with Gasteiger partial charge in [0.25, 0.3) is 5.91 Å². The smallest absolute Gasteiger partial charge is 0.261 e. The number of piperidine rings is 1. The summed E-state index contributed by atoms with van der Waals surface area (Å²) in [4.78, 5) is 27.6. The van der Waals surface area contributed by atoms with Crippen LogP contribution in [0.15, 0.2) is 36.4 Å². The van der Waals surface area contributed by atoms with Crippen LogP contribution in [0.4, 0.5) is 5.69 Å². The number of aryl methyl sites for hydroxylation is 1. The largest absolute Gasteiger partial charge is 0.496 e. The van der Waals surface area contributed by atoms with Gasteiger partial charge in [0.15, 0.2) is 0 Å². The molecule has 1 aliphatic rings. The zero-order valence-electron chi connectivity index (χ0n) is 17.5. The molecular weight excluding hydrogens is 368 g/mol. The molecular formula is C23H28N2O4. The second-order valence-electron chi connectivity index (χ2n) is 7.34. The lowest BCUT2D eigenvalue weighted by Gasteiger charge is -2.32. The molecule has 6 heteroatoms. The number of hydrogen-bond acceptors (Lipinski definition) is 4. The number of benzene rings is 2. The van der Waals surface area contributed by atoms with Gasteiger partial charge in [-0.3, -0.25) is 9.59 Å². The number of methoxy groups -OCH3 is 2. The molecule has 0 radical (unpaired) electrons. The van der Waals surface area contributed by atoms with Crippen molar-refractivity contribution in [2.75, 3.05) is 32.6 Å². The van der Waals surface area contributed by atoms with Crippen molar-refractivity contribution in [2.24, 2.45) is 5.92 Å². The molecule has 2 amide bonds. The summed E-state index contributed by atoms with van der Waals surface area (Å²) in [7, 11) is 3.07. The maximum Gasteiger partial charge on any atom is 0.261 e. The second-order valence-corrected chi connectivity index (χ2v) is 7.34. The second kappa shape index (κ2) is 8.99. The number of hydrogen-bond donors (Lipinski definition) is 1. The molecule has 0 saturated carbocycles. The first-order valence-corrected chi connectivity index (χ1v) is 9.83. The highest BCUT2D eigenvalue weighted by atomic mass is 16.5. The van der Waals surface area contributed by atoms with Crippen molar-refractivity contribution < 1.29 is 19.1 Å². The molecule has 2 aromatic carbocycles. The highest BCUT2D eigenvalue weighted by Gasteiger charge is 2.30. The molecule has 154 valence electrons. The molecule has 0 unspecified atom stereocenters. The van der Waals surface area contributed by atoms with Crippen LogP contribution in [0.1, 0.15) is 34.3 Å². The highest BCUT2D eigenvalue weighted by molar-refractivity contribution is 6.00. The first kappa shape index (κ1) is 20.7. The summed E-state index contributed by atoms with van der Waals surface area (Å²) in [6.45, 7) is 5.07. The number of nitrogens with one attached hydrogen (secondary N) is 1. The van der Waals surface area contributed by atoms with E-state index < -0.39 is 0 Å². The lowest BCUT2D eigenvalue weighted by Crippen LogP contribution is -2.41. The van der Waals surface area contributed by atoms with Crippen molar-refractivity contribution in [2.45, 2.75) is 26.7 Å². The van der Waals surface area contributed by atoms with E-state index in [-0.39, 0.29) is 17.7 Å². The molecule has 1 saturated heterocycles. The molecule has 29 heavy (non-hydrogen) atoms. The van der Waals surface area contributed by atoms with Crippen LogP contribution >= 0.6 is 0 Å². The third kappa shape index (κ3) is 4.36. The van der Waals surface area contributed by atoms with Gasteiger partial charge in [-0.2, -0.15) is 0 Å². The maximum atomic E-state index is 13.1. The van der Waals surface area contributed by atoms with E-state index in [1.54, 1.807) is 23.1 Å². The van der Waals surface area contributed by atoms with Crippen LogP contribution in [0.2, 0.25) is 0 Å². The number of ether oxygens (including phenoxy) is 2. The van der Waals surface area contributed by atoms with Gasteiger partial charge < -0.3 is 19.7 Å². The Bertz CT molecular complexity index is 879. The summed E-state index contributed by atoms with van der Waals surface area (Å²) in [5.41, 5.74) is 3.51. The predicted octanol–water partition coefficient (Wildman–Crippen LogP) is 3.81. The van der Waals surface area contributed by atoms with Crippen LogP contribution in [0.25, 0.3) is 0 Å². The Balaban J connectivity index is 1.65. The molecule has 0 spiro atoms. The van der Waals surface area contributed by atoms with E-state index >= 15 is 0 Å². The molecule has 1 N–H and O–H groups in total. The van der Waals surface area contributed by atoms with Gasteiger partial charge in [-0.05, 0) is 56.0 Å². The van der Waals surface area contributed by atoms with Crippen molar-refractivity contribution >= 4 is 17.5 Å². The minimum absolute atomic E-state index is 0.0145. The highest BCUT2D eigenvalue weighted by Crippen LogP contribution is 2.31. The zero-order valence-corrected chi connectivity index (χ0v) is 17.5. The molecule has 0 aliphatic carbocycles. The third-order valence-electron chi connectivity index (χ3n) is 5.66. The zero-order chi connectivity index (χ0) is 21.0. The van der Waals surface area contributed by atoms with Gasteiger partial charge in [-0.1, -0.05) is 18.2 Å². The summed E-state index contributed by atoms with van der Waals surface area (Å²) < 4.78 is 10.7. The molecule has 0 aromatic heterocycles. The number of anilines is 1. The van der Waals surface area contributed by atoms with Crippen molar-refractivity contribution in [3.8, 4) is 11.5 Å². The molecule has 6 nitrogen and oxygen atoms in total. The minimum atomic E-state index is -0.132. The van der Waals surface area contributed by atoms with Crippen molar-refractivity contribution in [1.82, 2.24) is 4.90 Å². The number of rotatable bonds is 5. The van der Waals surface area contributed by atoms with Crippen LogP contribution in [-0.2, 0) is 4.79 Å². The molecule has 2 aromatic rings. The first-order chi connectivity index (χ1) is 14.0. The van der Waals surface area contributed by atoms with E-state index in [9.17, 15) is 9.59 Å². The van der Waals surface area contributed by atoms with E-state index in [0.29, 0.717) is 43.0 Å². The fourth-order valence-electron chi connectivity index (χ4n) is 3.69. The Labute approximate surface area is 171 Å². The monoisotopic (exact) mass is 396 g/mol. The van der Waals surface area contributed by atoms with Crippen LogP contribution in [-0.4, -0.2) is 44.0 Å². The average Bonchev–Trinajstić information content (AvgIpc) is 2.75. The average molecular weight is 396 g/mol. The van der Waals surface area contributed by atoms with E-state index in [0.717, 1.165) is 16.8 Å². The summed E-state index contributed by atoms with van der Waals surface area (Å²) in [6, 6.07) is 11.2. The van der Waals surface area contributed by atoms with Gasteiger partial charge in [-0.25, -0.2) is 0 Å². The third-order valence-corrected chi connectivity index (χ3v) is 5.66. The Morgan fingerprint density at radius 1 is 0.966 bits per heavy atom. The van der Waals surface area contributed by atoms with Crippen molar-refractivity contribution in [1.29, 1.82) is 0 Å². The fraction of sp³-hybridized carbons (Fsp3) is 0.391. The standard InChI is InChI=1S/C23H28N2O4/c1-15-7-5-8-18(16(15)2)24-22(26)17-11-13-25(14-12-17)23(27)21-19(28-3)9-6-10-20(21)29-4/h5-10,17H,11-14H2,1-4H3,(H,24,26). The van der Waals surface area contributed by atoms with E-state index in [4.69, 9.17) is 9.47 Å². The Kier molecular flexibility index (Phi) is 6.42. The Morgan fingerprint density at radius 3 is 2.14 bits per heavy atom. The molecule has 1 aliphatic heterocycles. The Hall–Kier alpha value is -3.02. The van der Waals surface area contributed by atoms with E-state index in [1.807, 2.05) is 32.0 Å². The molecule has 1 heterocycles. The van der Waals surface area contributed by atoms with Gasteiger partial charge in [0.1, 0.15) is 17.1 Å². The van der Waals surface area contributed by atoms with E-state index in [2.05, 4.69) is 5.32 Å². The summed E-state index contributed by atoms with van der Waals surface area (Å²) in [6.07, 6.45) is 1.25. The van der Waals surface area contributed by atoms with E-state index in [1.165, 1.54) is 14.2 Å². The normalized spacial score (nSPS) is 14.4. The van der Waals surface area contributed by atoms with Gasteiger partial charge in [-0.15, -0.1) is 0 Å². The topological polar surface area (TPSA) is 67.9 Å². The molecule has 0 atom stereocenters. The van der Waals surface area contributed by atoms with Gasteiger partial charge >= 0.3 is 0 Å². The quantitative estimate of drug-likeness (QED) is 0.834. The predicted molar refractivity (Wildman–Crippen MR) is 113 cm³/mol. The Morgan fingerprint density at radius 2 is 1.55 bits per heavy atom. The first-order valence-electron chi connectivity index (χ1n) is 9.83. The van der Waals surface area contributed by atoms with Gasteiger partial charge in [0.05, 0.1) is 14.2 Å². The van der Waals surface area contributed by atoms with Crippen LogP contribution in [0.5, 0.6) is 11.5 Å². The fourth-order valence-corrected chi connectivity index (χ4v) is 3.69. The van der Waals surface area contributed by atoms with Crippen molar-refractivity contribution in [3.05, 3.63) is 53.1 Å². The number of nitrogens with zero attached hydrogens (tertiary/aromatic N) is 1. The lowest BCUT2D eigenvalue weighted by molar-refractivity contribution is -0.121. The van der Waals surface area contributed by atoms with Gasteiger partial charge in [0.2, 0.25) is 5.91 Å². The van der Waals surface area contributed by atoms with Crippen molar-refractivity contribution in [3.63, 3.8) is 0 Å². The lowest BCUT2D eigenvalue weighted by atomic mass is 9.95. The van der Waals surface area contributed by atoms with Crippen LogP contribution < -0.4 is 14.8 Å². The maximum absolute atomic E-state index is 13.1. The van der Waals surface area contributed by atoms with Crippen LogP contribution in [0.3, 0.4) is 0 Å². The molecule has 3 rings (SSSR count). The summed E-state index contributed by atoms with van der Waals surface area (Å²) in [5, 5.41) is 3.05. The van der Waals surface area contributed by atoms with Gasteiger partial charge in [0, 0.05) is 24.7 Å². The molecule has 0 bridgehead atoms. The summed E-state index contributed by atoms with van der Waals surface area (Å²) in [5.74, 6) is 0.750. The SMILES string of the molecule is COc1cccc(OC)c1C(=O)N1CCC(C(=O)Nc2cccc(C)c2C)CC1. The number of likely N-dealkylation sites (tertiary alicyclic amines) is 1.